The number of hydrogen-bond donors (Lipinski definition) is 0. The second kappa shape index (κ2) is 4.24. The normalized spacial score (nSPS) is 10.1. The third-order valence-corrected chi connectivity index (χ3v) is 2.19. The van der Waals surface area contributed by atoms with Crippen molar-refractivity contribution in [2.45, 2.75) is 0 Å². The number of non-ortho nitro benzene ring substituents is 1. The second-order valence-corrected chi connectivity index (χ2v) is 3.44. The van der Waals surface area contributed by atoms with Gasteiger partial charge in [0.25, 0.3) is 5.69 Å². The lowest BCUT2D eigenvalue weighted by Crippen LogP contribution is -1.90. The smallest absolute Gasteiger partial charge is 0.258 e. The van der Waals surface area contributed by atoms with Crippen molar-refractivity contribution in [2.75, 3.05) is 0 Å². The van der Waals surface area contributed by atoms with Gasteiger partial charge in [0, 0.05) is 17.7 Å². The van der Waals surface area contributed by atoms with Crippen molar-refractivity contribution >= 4 is 17.3 Å². The van der Waals surface area contributed by atoms with Gasteiger partial charge in [0.2, 0.25) is 0 Å². The summed E-state index contributed by atoms with van der Waals surface area (Å²) in [6.45, 7) is 0. The largest absolute Gasteiger partial charge is 0.270 e. The highest BCUT2D eigenvalue weighted by atomic mass is 35.5. The lowest BCUT2D eigenvalue weighted by atomic mass is 10.1. The standard InChI is InChI=1S/C10H6ClN3O2/c11-10-5-4-9(12-13-10)7-2-1-3-8(6-7)14(15)16/h1-6H. The number of hydrogen-bond acceptors (Lipinski definition) is 4. The van der Waals surface area contributed by atoms with E-state index >= 15 is 0 Å². The molecule has 0 bridgehead atoms. The van der Waals surface area contributed by atoms with Crippen LogP contribution in [0, 0.1) is 10.1 Å². The number of rotatable bonds is 2. The van der Waals surface area contributed by atoms with E-state index in [0.717, 1.165) is 0 Å². The Morgan fingerprint density at radius 1 is 1.19 bits per heavy atom. The first-order valence-electron chi connectivity index (χ1n) is 4.41. The zero-order chi connectivity index (χ0) is 11.5. The summed E-state index contributed by atoms with van der Waals surface area (Å²) < 4.78 is 0. The number of benzene rings is 1. The van der Waals surface area contributed by atoms with Gasteiger partial charge in [0.1, 0.15) is 0 Å². The molecule has 1 aromatic heterocycles. The zero-order valence-corrected chi connectivity index (χ0v) is 8.76. The topological polar surface area (TPSA) is 68.9 Å². The SMILES string of the molecule is O=[N+]([O-])c1cccc(-c2ccc(Cl)nn2)c1. The minimum Gasteiger partial charge on any atom is -0.258 e. The lowest BCUT2D eigenvalue weighted by molar-refractivity contribution is -0.384. The van der Waals surface area contributed by atoms with Gasteiger partial charge >= 0.3 is 0 Å². The Hall–Kier alpha value is -2.01. The summed E-state index contributed by atoms with van der Waals surface area (Å²) in [6.07, 6.45) is 0. The van der Waals surface area contributed by atoms with Crippen molar-refractivity contribution in [1.29, 1.82) is 0 Å². The first-order chi connectivity index (χ1) is 7.66. The van der Waals surface area contributed by atoms with E-state index in [-0.39, 0.29) is 10.8 Å². The van der Waals surface area contributed by atoms with Crippen LogP contribution < -0.4 is 0 Å². The van der Waals surface area contributed by atoms with Crippen LogP contribution >= 0.6 is 11.6 Å². The highest BCUT2D eigenvalue weighted by Crippen LogP contribution is 2.21. The van der Waals surface area contributed by atoms with Gasteiger partial charge in [0.15, 0.2) is 5.15 Å². The molecule has 0 fully saturated rings. The van der Waals surface area contributed by atoms with Gasteiger partial charge in [-0.3, -0.25) is 10.1 Å². The van der Waals surface area contributed by atoms with Gasteiger partial charge in [-0.05, 0) is 12.1 Å². The fourth-order valence-corrected chi connectivity index (χ4v) is 1.35. The summed E-state index contributed by atoms with van der Waals surface area (Å²) in [7, 11) is 0. The Bertz CT molecular complexity index is 528. The third-order valence-electron chi connectivity index (χ3n) is 1.98. The molecule has 5 nitrogen and oxygen atoms in total. The van der Waals surface area contributed by atoms with Crippen LogP contribution in [-0.2, 0) is 0 Å². The Morgan fingerprint density at radius 3 is 2.62 bits per heavy atom. The number of halogens is 1. The van der Waals surface area contributed by atoms with Gasteiger partial charge in [-0.2, -0.15) is 0 Å². The summed E-state index contributed by atoms with van der Waals surface area (Å²) in [5, 5.41) is 18.4. The van der Waals surface area contributed by atoms with Crippen molar-refractivity contribution in [3.8, 4) is 11.3 Å². The van der Waals surface area contributed by atoms with Crippen LogP contribution in [-0.4, -0.2) is 15.1 Å². The summed E-state index contributed by atoms with van der Waals surface area (Å²) in [5.41, 5.74) is 1.21. The molecule has 6 heteroatoms. The molecule has 1 heterocycles. The van der Waals surface area contributed by atoms with E-state index < -0.39 is 4.92 Å². The molecule has 0 amide bonds. The van der Waals surface area contributed by atoms with Crippen molar-refractivity contribution in [2.24, 2.45) is 0 Å². The average molecular weight is 236 g/mol. The quantitative estimate of drug-likeness (QED) is 0.593. The fraction of sp³-hybridized carbons (Fsp3) is 0. The van der Waals surface area contributed by atoms with E-state index in [2.05, 4.69) is 10.2 Å². The maximum Gasteiger partial charge on any atom is 0.270 e. The fourth-order valence-electron chi connectivity index (χ4n) is 1.25. The molecule has 0 radical (unpaired) electrons. The Morgan fingerprint density at radius 2 is 2.00 bits per heavy atom. The third kappa shape index (κ3) is 2.14. The molecular weight excluding hydrogens is 230 g/mol. The monoisotopic (exact) mass is 235 g/mol. The first kappa shape index (κ1) is 10.5. The van der Waals surface area contributed by atoms with E-state index in [4.69, 9.17) is 11.6 Å². The molecule has 1 aromatic carbocycles. The van der Waals surface area contributed by atoms with Gasteiger partial charge in [-0.25, -0.2) is 0 Å². The van der Waals surface area contributed by atoms with Gasteiger partial charge in [-0.1, -0.05) is 23.7 Å². The Labute approximate surface area is 95.9 Å². The van der Waals surface area contributed by atoms with Crippen LogP contribution in [0.3, 0.4) is 0 Å². The first-order valence-corrected chi connectivity index (χ1v) is 4.78. The van der Waals surface area contributed by atoms with Crippen LogP contribution in [0.4, 0.5) is 5.69 Å². The second-order valence-electron chi connectivity index (χ2n) is 3.05. The molecule has 0 aliphatic heterocycles. The minimum absolute atomic E-state index is 0.0225. The number of nitro benzene ring substituents is 1. The number of nitro groups is 1. The van der Waals surface area contributed by atoms with Gasteiger partial charge < -0.3 is 0 Å². The molecule has 0 spiro atoms. The van der Waals surface area contributed by atoms with Gasteiger partial charge in [0.05, 0.1) is 10.6 Å². The van der Waals surface area contributed by atoms with Crippen molar-refractivity contribution in [3.05, 3.63) is 51.7 Å². The Balaban J connectivity index is 2.44. The van der Waals surface area contributed by atoms with E-state index in [1.807, 2.05) is 0 Å². The lowest BCUT2D eigenvalue weighted by Gasteiger charge is -1.99. The molecule has 2 rings (SSSR count). The molecular formula is C10H6ClN3O2. The van der Waals surface area contributed by atoms with Crippen LogP contribution in [0.5, 0.6) is 0 Å². The predicted molar refractivity (Wildman–Crippen MR) is 59.1 cm³/mol. The average Bonchev–Trinajstić information content (AvgIpc) is 2.30. The molecule has 0 atom stereocenters. The molecule has 0 unspecified atom stereocenters. The van der Waals surface area contributed by atoms with Crippen LogP contribution in [0.25, 0.3) is 11.3 Å². The number of aromatic nitrogens is 2. The zero-order valence-electron chi connectivity index (χ0n) is 8.00. The van der Waals surface area contributed by atoms with E-state index in [9.17, 15) is 10.1 Å². The summed E-state index contributed by atoms with van der Waals surface area (Å²) in [4.78, 5) is 10.1. The highest BCUT2D eigenvalue weighted by molar-refractivity contribution is 6.29. The summed E-state index contributed by atoms with van der Waals surface area (Å²) >= 11 is 5.60. The van der Waals surface area contributed by atoms with Crippen LogP contribution in [0.2, 0.25) is 5.15 Å². The van der Waals surface area contributed by atoms with Crippen LogP contribution in [0.15, 0.2) is 36.4 Å². The Kier molecular flexibility index (Phi) is 2.78. The van der Waals surface area contributed by atoms with E-state index in [0.29, 0.717) is 11.3 Å². The molecule has 80 valence electrons. The molecule has 0 aliphatic carbocycles. The molecule has 2 aromatic rings. The number of nitrogens with zero attached hydrogens (tertiary/aromatic N) is 3. The minimum atomic E-state index is -0.452. The van der Waals surface area contributed by atoms with Crippen molar-refractivity contribution in [3.63, 3.8) is 0 Å². The predicted octanol–water partition coefficient (Wildman–Crippen LogP) is 2.71. The molecule has 0 saturated carbocycles. The summed E-state index contributed by atoms with van der Waals surface area (Å²) in [5.74, 6) is 0. The van der Waals surface area contributed by atoms with Crippen LogP contribution in [0.1, 0.15) is 0 Å². The highest BCUT2D eigenvalue weighted by Gasteiger charge is 2.07. The van der Waals surface area contributed by atoms with Crippen molar-refractivity contribution in [1.82, 2.24) is 10.2 Å². The summed E-state index contributed by atoms with van der Waals surface area (Å²) in [6, 6.07) is 9.44. The molecule has 0 N–H and O–H groups in total. The van der Waals surface area contributed by atoms with Crippen molar-refractivity contribution < 1.29 is 4.92 Å². The van der Waals surface area contributed by atoms with Gasteiger partial charge in [-0.15, -0.1) is 10.2 Å². The molecule has 0 saturated heterocycles. The van der Waals surface area contributed by atoms with E-state index in [1.165, 1.54) is 12.1 Å². The molecule has 16 heavy (non-hydrogen) atoms. The maximum absolute atomic E-state index is 10.6. The maximum atomic E-state index is 10.6. The molecule has 0 aliphatic rings. The van der Waals surface area contributed by atoms with E-state index in [1.54, 1.807) is 24.3 Å².